The van der Waals surface area contributed by atoms with Gasteiger partial charge in [0, 0.05) is 43.1 Å². The number of aromatic nitrogens is 2. The van der Waals surface area contributed by atoms with E-state index in [1.54, 1.807) is 13.8 Å². The molecule has 0 amide bonds. The summed E-state index contributed by atoms with van der Waals surface area (Å²) < 4.78 is 32.4. The number of piperazine rings is 1. The van der Waals surface area contributed by atoms with E-state index in [9.17, 15) is 8.42 Å². The lowest BCUT2D eigenvalue weighted by Crippen LogP contribution is -2.48. The van der Waals surface area contributed by atoms with Crippen LogP contribution in [0.3, 0.4) is 0 Å². The number of fused-ring (bicyclic) bond motifs is 1. The van der Waals surface area contributed by atoms with Gasteiger partial charge in [-0.25, -0.2) is 8.42 Å². The molecule has 1 saturated heterocycles. The fourth-order valence-corrected chi connectivity index (χ4v) is 5.21. The molecule has 1 aliphatic heterocycles. The number of aryl methyl sites for hydroxylation is 2. The lowest BCUT2D eigenvalue weighted by Gasteiger charge is -2.35. The fraction of sp³-hybridized carbons (Fsp3) is 0.333. The number of pyridine rings is 1. The monoisotopic (exact) mass is 372 g/mol. The minimum atomic E-state index is -3.59. The Morgan fingerprint density at radius 2 is 1.77 bits per heavy atom. The van der Waals surface area contributed by atoms with Crippen molar-refractivity contribution < 1.29 is 12.9 Å². The number of hydrogen-bond donors (Lipinski definition) is 0. The van der Waals surface area contributed by atoms with Crippen LogP contribution < -0.4 is 4.90 Å². The molecule has 4 rings (SSSR count). The molecule has 8 heteroatoms. The van der Waals surface area contributed by atoms with E-state index in [0.29, 0.717) is 37.6 Å². The predicted molar refractivity (Wildman–Crippen MR) is 98.7 cm³/mol. The smallest absolute Gasteiger partial charge is 0.248 e. The van der Waals surface area contributed by atoms with Crippen LogP contribution >= 0.6 is 0 Å². The lowest BCUT2D eigenvalue weighted by atomic mass is 10.1. The summed E-state index contributed by atoms with van der Waals surface area (Å²) in [7, 11) is -3.59. The normalized spacial score (nSPS) is 16.3. The third-order valence-corrected chi connectivity index (χ3v) is 6.94. The third-order valence-electron chi connectivity index (χ3n) is 4.79. The Bertz CT molecular complexity index is 1030. The molecule has 136 valence electrons. The van der Waals surface area contributed by atoms with Crippen LogP contribution in [0.1, 0.15) is 11.5 Å². The van der Waals surface area contributed by atoms with Crippen molar-refractivity contribution in [3.05, 3.63) is 48.1 Å². The molecule has 0 spiro atoms. The maximum Gasteiger partial charge on any atom is 0.248 e. The molecule has 0 aliphatic carbocycles. The highest BCUT2D eigenvalue weighted by Gasteiger charge is 2.33. The second-order valence-electron chi connectivity index (χ2n) is 6.42. The SMILES string of the molecule is Cc1noc(C)c1S(=O)(=O)N1CCN(c2cncc3ccccc23)CC1. The van der Waals surface area contributed by atoms with Gasteiger partial charge in [0.25, 0.3) is 0 Å². The summed E-state index contributed by atoms with van der Waals surface area (Å²) in [6.07, 6.45) is 3.69. The molecule has 1 aromatic carbocycles. The number of anilines is 1. The Balaban J connectivity index is 1.58. The first-order valence-electron chi connectivity index (χ1n) is 8.49. The molecule has 0 radical (unpaired) electrons. The van der Waals surface area contributed by atoms with Gasteiger partial charge < -0.3 is 9.42 Å². The molecule has 0 unspecified atom stereocenters. The quantitative estimate of drug-likeness (QED) is 0.702. The summed E-state index contributed by atoms with van der Waals surface area (Å²) in [6.45, 7) is 5.33. The van der Waals surface area contributed by atoms with Crippen LogP contribution in [-0.2, 0) is 10.0 Å². The van der Waals surface area contributed by atoms with E-state index in [2.05, 4.69) is 21.1 Å². The van der Waals surface area contributed by atoms with E-state index in [0.717, 1.165) is 16.5 Å². The van der Waals surface area contributed by atoms with E-state index < -0.39 is 10.0 Å². The first kappa shape index (κ1) is 17.0. The van der Waals surface area contributed by atoms with Gasteiger partial charge in [-0.2, -0.15) is 4.31 Å². The predicted octanol–water partition coefficient (Wildman–Crippen LogP) is 2.35. The molecular weight excluding hydrogens is 352 g/mol. The summed E-state index contributed by atoms with van der Waals surface area (Å²) >= 11 is 0. The molecule has 0 saturated carbocycles. The van der Waals surface area contributed by atoms with Gasteiger partial charge >= 0.3 is 0 Å². The highest BCUT2D eigenvalue weighted by atomic mass is 32.2. The van der Waals surface area contributed by atoms with Gasteiger partial charge in [0.15, 0.2) is 5.76 Å². The first-order valence-corrected chi connectivity index (χ1v) is 9.93. The highest BCUT2D eigenvalue weighted by Crippen LogP contribution is 2.28. The van der Waals surface area contributed by atoms with Gasteiger partial charge in [0.1, 0.15) is 10.6 Å². The maximum atomic E-state index is 12.9. The zero-order chi connectivity index (χ0) is 18.3. The van der Waals surface area contributed by atoms with Gasteiger partial charge in [-0.3, -0.25) is 4.98 Å². The van der Waals surface area contributed by atoms with Crippen LogP contribution in [0.4, 0.5) is 5.69 Å². The van der Waals surface area contributed by atoms with Gasteiger partial charge in [-0.05, 0) is 13.8 Å². The number of nitrogens with zero attached hydrogens (tertiary/aromatic N) is 4. The summed E-state index contributed by atoms with van der Waals surface area (Å²) in [5.41, 5.74) is 1.45. The number of hydrogen-bond acceptors (Lipinski definition) is 6. The fourth-order valence-electron chi connectivity index (χ4n) is 3.49. The van der Waals surface area contributed by atoms with Crippen molar-refractivity contribution in [3.8, 4) is 0 Å². The molecular formula is C18H20N4O3S. The topological polar surface area (TPSA) is 79.5 Å². The van der Waals surface area contributed by atoms with Gasteiger partial charge in [0.05, 0.1) is 11.9 Å². The summed E-state index contributed by atoms with van der Waals surface area (Å²) in [6, 6.07) is 8.09. The van der Waals surface area contributed by atoms with Crippen molar-refractivity contribution in [3.63, 3.8) is 0 Å². The van der Waals surface area contributed by atoms with E-state index in [1.165, 1.54) is 4.31 Å². The second-order valence-corrected chi connectivity index (χ2v) is 8.30. The Labute approximate surface area is 152 Å². The average Bonchev–Trinajstić information content (AvgIpc) is 3.00. The molecule has 2 aromatic heterocycles. The molecule has 3 heterocycles. The molecule has 0 bridgehead atoms. The Morgan fingerprint density at radius 1 is 1.04 bits per heavy atom. The van der Waals surface area contributed by atoms with Crippen molar-refractivity contribution in [2.24, 2.45) is 0 Å². The zero-order valence-corrected chi connectivity index (χ0v) is 15.5. The van der Waals surface area contributed by atoms with Crippen LogP contribution in [0.5, 0.6) is 0 Å². The van der Waals surface area contributed by atoms with E-state index in [4.69, 9.17) is 4.52 Å². The minimum absolute atomic E-state index is 0.192. The molecule has 1 fully saturated rings. The summed E-state index contributed by atoms with van der Waals surface area (Å²) in [4.78, 5) is 6.71. The number of benzene rings is 1. The highest BCUT2D eigenvalue weighted by molar-refractivity contribution is 7.89. The molecule has 0 N–H and O–H groups in total. The molecule has 3 aromatic rings. The Kier molecular flexibility index (Phi) is 4.16. The molecule has 0 atom stereocenters. The van der Waals surface area contributed by atoms with Gasteiger partial charge in [-0.15, -0.1) is 0 Å². The summed E-state index contributed by atoms with van der Waals surface area (Å²) in [5.74, 6) is 0.336. The summed E-state index contributed by atoms with van der Waals surface area (Å²) in [5, 5.41) is 5.98. The van der Waals surface area contributed by atoms with Crippen LogP contribution in [0, 0.1) is 13.8 Å². The van der Waals surface area contributed by atoms with E-state index in [1.807, 2.05) is 30.6 Å². The zero-order valence-electron chi connectivity index (χ0n) is 14.7. The minimum Gasteiger partial charge on any atom is -0.367 e. The van der Waals surface area contributed by atoms with Crippen molar-refractivity contribution in [2.75, 3.05) is 31.1 Å². The second kappa shape index (κ2) is 6.37. The van der Waals surface area contributed by atoms with Crippen molar-refractivity contribution in [1.29, 1.82) is 0 Å². The van der Waals surface area contributed by atoms with Crippen LogP contribution in [0.15, 0.2) is 46.1 Å². The molecule has 26 heavy (non-hydrogen) atoms. The van der Waals surface area contributed by atoms with E-state index >= 15 is 0 Å². The van der Waals surface area contributed by atoms with E-state index in [-0.39, 0.29) is 4.90 Å². The Hall–Kier alpha value is -2.45. The third kappa shape index (κ3) is 2.75. The largest absolute Gasteiger partial charge is 0.367 e. The van der Waals surface area contributed by atoms with Crippen molar-refractivity contribution in [1.82, 2.24) is 14.4 Å². The van der Waals surface area contributed by atoms with Gasteiger partial charge in [-0.1, -0.05) is 29.4 Å². The number of rotatable bonds is 3. The maximum absolute atomic E-state index is 12.9. The molecule has 7 nitrogen and oxygen atoms in total. The van der Waals surface area contributed by atoms with Gasteiger partial charge in [0.2, 0.25) is 10.0 Å². The van der Waals surface area contributed by atoms with Crippen molar-refractivity contribution in [2.45, 2.75) is 18.7 Å². The standard InChI is InChI=1S/C18H20N4O3S/c1-13-18(14(2)25-20-13)26(23,24)22-9-7-21(8-10-22)17-12-19-11-15-5-3-4-6-16(15)17/h3-6,11-12H,7-10H2,1-2H3. The van der Waals surface area contributed by atoms with Crippen molar-refractivity contribution >= 4 is 26.5 Å². The van der Waals surface area contributed by atoms with Crippen LogP contribution in [-0.4, -0.2) is 49.0 Å². The first-order chi connectivity index (χ1) is 12.5. The average molecular weight is 372 g/mol. The lowest BCUT2D eigenvalue weighted by molar-refractivity contribution is 0.378. The Morgan fingerprint density at radius 3 is 2.46 bits per heavy atom. The van der Waals surface area contributed by atoms with Crippen LogP contribution in [0.2, 0.25) is 0 Å². The van der Waals surface area contributed by atoms with Crippen LogP contribution in [0.25, 0.3) is 10.8 Å². The number of sulfonamides is 1. The molecule has 1 aliphatic rings.